The van der Waals surface area contributed by atoms with Crippen LogP contribution in [0.2, 0.25) is 6.04 Å². The van der Waals surface area contributed by atoms with Crippen LogP contribution in [0.15, 0.2) is 65.7 Å². The van der Waals surface area contributed by atoms with Crippen molar-refractivity contribution in [2.45, 2.75) is 38.8 Å². The Labute approximate surface area is 145 Å². The van der Waals surface area contributed by atoms with Crippen molar-refractivity contribution in [1.29, 1.82) is 0 Å². The van der Waals surface area contributed by atoms with Gasteiger partial charge in [-0.25, -0.2) is 9.79 Å². The summed E-state index contributed by atoms with van der Waals surface area (Å²) >= 11 is 0. The largest absolute Gasteiger partial charge is 0.406 e. The molecule has 4 heteroatoms. The molecule has 1 atom stereocenters. The first-order chi connectivity index (χ1) is 11.7. The fourth-order valence-electron chi connectivity index (χ4n) is 2.92. The van der Waals surface area contributed by atoms with Gasteiger partial charge in [0.1, 0.15) is 0 Å². The molecule has 0 radical (unpaired) electrons. The van der Waals surface area contributed by atoms with Gasteiger partial charge in [0, 0.05) is 0 Å². The minimum absolute atomic E-state index is 0.177. The van der Waals surface area contributed by atoms with Crippen LogP contribution in [0.25, 0.3) is 0 Å². The van der Waals surface area contributed by atoms with Crippen molar-refractivity contribution < 1.29 is 9.22 Å². The maximum atomic E-state index is 10.5. The topological polar surface area (TPSA) is 38.7 Å². The standard InChI is InChI=1S/C20H25NO2Si/c1-3-4-15-24(19-11-7-5-8-12-19,20-13-9-6-10-14-20)23-16-18(2)21-17-22/h5-14,18H,3-4,15-16H2,1-2H3. The van der Waals surface area contributed by atoms with E-state index in [4.69, 9.17) is 4.43 Å². The summed E-state index contributed by atoms with van der Waals surface area (Å²) in [5.41, 5.74) is 0. The molecule has 0 saturated heterocycles. The first-order valence-corrected chi connectivity index (χ1v) is 10.7. The van der Waals surface area contributed by atoms with E-state index in [0.717, 1.165) is 18.9 Å². The zero-order valence-electron chi connectivity index (χ0n) is 14.4. The van der Waals surface area contributed by atoms with Gasteiger partial charge in [0.15, 0.2) is 0 Å². The molecular formula is C20H25NO2Si. The number of hydrogen-bond donors (Lipinski definition) is 0. The normalized spacial score (nSPS) is 12.4. The zero-order chi connectivity index (χ0) is 17.3. The van der Waals surface area contributed by atoms with Crippen molar-refractivity contribution in [3.8, 4) is 0 Å². The van der Waals surface area contributed by atoms with Crippen LogP contribution in [0.5, 0.6) is 0 Å². The van der Waals surface area contributed by atoms with Crippen LogP contribution in [0.4, 0.5) is 0 Å². The molecule has 0 bridgehead atoms. The molecule has 126 valence electrons. The summed E-state index contributed by atoms with van der Waals surface area (Å²) in [6.07, 6.45) is 3.87. The van der Waals surface area contributed by atoms with Crippen LogP contribution in [0.1, 0.15) is 26.7 Å². The van der Waals surface area contributed by atoms with Gasteiger partial charge in [-0.15, -0.1) is 0 Å². The summed E-state index contributed by atoms with van der Waals surface area (Å²) in [4.78, 5) is 14.3. The van der Waals surface area contributed by atoms with Gasteiger partial charge in [-0.05, 0) is 23.3 Å². The van der Waals surface area contributed by atoms with Crippen LogP contribution < -0.4 is 10.4 Å². The fraction of sp³-hybridized carbons (Fsp3) is 0.350. The Morgan fingerprint density at radius 3 is 2.04 bits per heavy atom. The average molecular weight is 340 g/mol. The molecule has 3 nitrogen and oxygen atoms in total. The van der Waals surface area contributed by atoms with Crippen LogP contribution in [-0.2, 0) is 9.22 Å². The minimum Gasteiger partial charge on any atom is -0.406 e. The molecule has 0 aliphatic heterocycles. The average Bonchev–Trinajstić information content (AvgIpc) is 2.64. The monoisotopic (exact) mass is 339 g/mol. The van der Waals surface area contributed by atoms with Crippen molar-refractivity contribution in [2.24, 2.45) is 4.99 Å². The van der Waals surface area contributed by atoms with Crippen LogP contribution in [0.3, 0.4) is 0 Å². The number of benzene rings is 2. The van der Waals surface area contributed by atoms with Crippen LogP contribution >= 0.6 is 0 Å². The van der Waals surface area contributed by atoms with Crippen molar-refractivity contribution in [3.05, 3.63) is 60.7 Å². The smallest absolute Gasteiger partial charge is 0.255 e. The van der Waals surface area contributed by atoms with Gasteiger partial charge in [-0.1, -0.05) is 80.4 Å². The van der Waals surface area contributed by atoms with Gasteiger partial charge >= 0.3 is 0 Å². The number of unbranched alkanes of at least 4 members (excludes halogenated alkanes) is 1. The summed E-state index contributed by atoms with van der Waals surface area (Å²) in [7, 11) is -2.35. The molecule has 0 aliphatic rings. The molecule has 2 rings (SSSR count). The van der Waals surface area contributed by atoms with Crippen molar-refractivity contribution >= 4 is 24.8 Å². The zero-order valence-corrected chi connectivity index (χ0v) is 15.4. The van der Waals surface area contributed by atoms with E-state index in [9.17, 15) is 4.79 Å². The second-order valence-corrected chi connectivity index (χ2v) is 9.64. The second kappa shape index (κ2) is 9.33. The third-order valence-corrected chi connectivity index (χ3v) is 8.46. The Morgan fingerprint density at radius 2 is 1.58 bits per heavy atom. The van der Waals surface area contributed by atoms with E-state index in [0.29, 0.717) is 6.61 Å². The SMILES string of the molecule is CCCC[Si](OCC(C)N=C=O)(c1ccccc1)c1ccccc1. The van der Waals surface area contributed by atoms with Crippen LogP contribution in [-0.4, -0.2) is 27.0 Å². The molecule has 0 aromatic heterocycles. The van der Waals surface area contributed by atoms with Gasteiger partial charge < -0.3 is 4.43 Å². The number of carbonyl (C=O) groups excluding carboxylic acids is 1. The molecule has 2 aromatic rings. The maximum absolute atomic E-state index is 10.5. The molecule has 24 heavy (non-hydrogen) atoms. The summed E-state index contributed by atoms with van der Waals surface area (Å²) in [5.74, 6) is 0. The molecule has 0 fully saturated rings. The van der Waals surface area contributed by atoms with Gasteiger partial charge in [0.05, 0.1) is 12.6 Å². The Bertz CT molecular complexity index is 614. The number of hydrogen-bond acceptors (Lipinski definition) is 3. The highest BCUT2D eigenvalue weighted by atomic mass is 28.4. The van der Waals surface area contributed by atoms with Gasteiger partial charge in [0.25, 0.3) is 8.32 Å². The summed E-state index contributed by atoms with van der Waals surface area (Å²) in [6.45, 7) is 4.53. The molecular weight excluding hydrogens is 314 g/mol. The Kier molecular flexibility index (Phi) is 7.13. The molecule has 0 saturated carbocycles. The summed E-state index contributed by atoms with van der Waals surface area (Å²) < 4.78 is 6.58. The lowest BCUT2D eigenvalue weighted by Gasteiger charge is -2.33. The first-order valence-electron chi connectivity index (χ1n) is 8.55. The van der Waals surface area contributed by atoms with E-state index < -0.39 is 8.32 Å². The molecule has 0 amide bonds. The summed E-state index contributed by atoms with van der Waals surface area (Å²) in [5, 5.41) is 2.54. The molecule has 1 unspecified atom stereocenters. The highest BCUT2D eigenvalue weighted by Crippen LogP contribution is 2.18. The lowest BCUT2D eigenvalue weighted by molar-refractivity contribution is 0.293. The van der Waals surface area contributed by atoms with E-state index in [1.165, 1.54) is 10.4 Å². The van der Waals surface area contributed by atoms with Gasteiger partial charge in [0.2, 0.25) is 6.08 Å². The maximum Gasteiger partial charge on any atom is 0.255 e. The van der Waals surface area contributed by atoms with Crippen molar-refractivity contribution in [2.75, 3.05) is 6.61 Å². The van der Waals surface area contributed by atoms with Crippen molar-refractivity contribution in [3.63, 3.8) is 0 Å². The molecule has 2 aromatic carbocycles. The van der Waals surface area contributed by atoms with E-state index in [1.807, 2.05) is 19.1 Å². The van der Waals surface area contributed by atoms with Gasteiger partial charge in [-0.2, -0.15) is 0 Å². The van der Waals surface area contributed by atoms with E-state index in [1.54, 1.807) is 6.08 Å². The second-order valence-electron chi connectivity index (χ2n) is 6.04. The third-order valence-electron chi connectivity index (χ3n) is 4.21. The summed E-state index contributed by atoms with van der Waals surface area (Å²) in [6, 6.07) is 21.9. The number of isocyanates is 1. The Morgan fingerprint density at radius 1 is 1.04 bits per heavy atom. The van der Waals surface area contributed by atoms with E-state index in [-0.39, 0.29) is 6.04 Å². The quantitative estimate of drug-likeness (QED) is 0.399. The van der Waals surface area contributed by atoms with Crippen molar-refractivity contribution in [1.82, 2.24) is 0 Å². The predicted octanol–water partition coefficient (Wildman–Crippen LogP) is 3.29. The Hall–Kier alpha value is -2.00. The van der Waals surface area contributed by atoms with E-state index in [2.05, 4.69) is 60.4 Å². The lowest BCUT2D eigenvalue weighted by atomic mass is 10.4. The highest BCUT2D eigenvalue weighted by Gasteiger charge is 2.39. The van der Waals surface area contributed by atoms with Crippen LogP contribution in [0, 0.1) is 0 Å². The van der Waals surface area contributed by atoms with E-state index >= 15 is 0 Å². The molecule has 0 N–H and O–H groups in total. The number of aliphatic imine (C=N–C) groups is 1. The third kappa shape index (κ3) is 4.51. The highest BCUT2D eigenvalue weighted by molar-refractivity contribution is 6.97. The van der Waals surface area contributed by atoms with Gasteiger partial charge in [-0.3, -0.25) is 0 Å². The molecule has 0 spiro atoms. The molecule has 0 aliphatic carbocycles. The predicted molar refractivity (Wildman–Crippen MR) is 101 cm³/mol. The lowest BCUT2D eigenvalue weighted by Crippen LogP contribution is -2.61. The first kappa shape index (κ1) is 18.3. The Balaban J connectivity index is 2.45. The number of nitrogens with zero attached hydrogens (tertiary/aromatic N) is 1. The fourth-order valence-corrected chi connectivity index (χ4v) is 7.15. The number of rotatable bonds is 9. The minimum atomic E-state index is -2.35. The molecule has 0 heterocycles.